The molecule has 1 aromatic heterocycles. The van der Waals surface area contributed by atoms with E-state index in [1.54, 1.807) is 12.7 Å². The van der Waals surface area contributed by atoms with Crippen molar-refractivity contribution in [3.63, 3.8) is 0 Å². The number of likely N-dealkylation sites (tertiary alicyclic amines) is 1. The van der Waals surface area contributed by atoms with Crippen molar-refractivity contribution in [1.29, 1.82) is 0 Å². The minimum Gasteiger partial charge on any atom is -0.312 e. The quantitative estimate of drug-likeness (QED) is 0.803. The van der Waals surface area contributed by atoms with Crippen LogP contribution in [0.2, 0.25) is 0 Å². The summed E-state index contributed by atoms with van der Waals surface area (Å²) in [6.07, 6.45) is 15.0. The van der Waals surface area contributed by atoms with Crippen molar-refractivity contribution in [2.24, 2.45) is 0 Å². The molecular weight excluding hydrogens is 302 g/mol. The fourth-order valence-corrected chi connectivity index (χ4v) is 4.07. The maximum absolute atomic E-state index is 13.0. The summed E-state index contributed by atoms with van der Waals surface area (Å²) in [5, 5.41) is 4.21. The molecule has 6 heteroatoms. The average molecular weight is 329 g/mol. The van der Waals surface area contributed by atoms with Gasteiger partial charge in [0.2, 0.25) is 5.91 Å². The molecule has 1 saturated carbocycles. The van der Waals surface area contributed by atoms with Crippen LogP contribution in [0.15, 0.2) is 24.4 Å². The highest BCUT2D eigenvalue weighted by Gasteiger charge is 2.37. The standard InChI is InChI=1S/C18H27N5O/c24-18(23(16-8-9-16)15-5-2-1-3-6-15)12-21-10-4-7-17(21)11-22-14-19-13-20-22/h5,13-14,16-17H,1-4,6-12H2/t17-/m0/s1. The first-order valence-corrected chi connectivity index (χ1v) is 9.39. The fourth-order valence-electron chi connectivity index (χ4n) is 4.07. The van der Waals surface area contributed by atoms with Crippen LogP contribution < -0.4 is 0 Å². The minimum atomic E-state index is 0.302. The zero-order chi connectivity index (χ0) is 16.4. The second-order valence-electron chi connectivity index (χ2n) is 7.32. The summed E-state index contributed by atoms with van der Waals surface area (Å²) in [4.78, 5) is 21.6. The number of nitrogens with zero attached hydrogens (tertiary/aromatic N) is 5. The predicted octanol–water partition coefficient (Wildman–Crippen LogP) is 2.19. The van der Waals surface area contributed by atoms with Crippen LogP contribution in [0.1, 0.15) is 51.4 Å². The topological polar surface area (TPSA) is 54.3 Å². The van der Waals surface area contributed by atoms with E-state index in [-0.39, 0.29) is 0 Å². The molecule has 0 aromatic carbocycles. The highest BCUT2D eigenvalue weighted by molar-refractivity contribution is 5.81. The molecule has 0 bridgehead atoms. The van der Waals surface area contributed by atoms with Gasteiger partial charge in [-0.25, -0.2) is 4.98 Å². The van der Waals surface area contributed by atoms with Gasteiger partial charge in [-0.3, -0.25) is 14.4 Å². The predicted molar refractivity (Wildman–Crippen MR) is 91.0 cm³/mol. The molecule has 0 spiro atoms. The Morgan fingerprint density at radius 1 is 1.25 bits per heavy atom. The molecule has 1 aromatic rings. The van der Waals surface area contributed by atoms with Crippen LogP contribution in [0, 0.1) is 0 Å². The Morgan fingerprint density at radius 2 is 2.17 bits per heavy atom. The van der Waals surface area contributed by atoms with Crippen LogP contribution in [0.3, 0.4) is 0 Å². The van der Waals surface area contributed by atoms with Gasteiger partial charge in [0.1, 0.15) is 12.7 Å². The summed E-state index contributed by atoms with van der Waals surface area (Å²) in [7, 11) is 0. The Morgan fingerprint density at radius 3 is 2.88 bits per heavy atom. The first-order chi connectivity index (χ1) is 11.8. The van der Waals surface area contributed by atoms with Gasteiger partial charge in [0, 0.05) is 17.8 Å². The van der Waals surface area contributed by atoms with Gasteiger partial charge in [0.15, 0.2) is 0 Å². The van der Waals surface area contributed by atoms with Crippen LogP contribution in [0.4, 0.5) is 0 Å². The van der Waals surface area contributed by atoms with Crippen molar-refractivity contribution in [1.82, 2.24) is 24.6 Å². The molecule has 2 heterocycles. The Balaban J connectivity index is 1.40. The number of hydrogen-bond acceptors (Lipinski definition) is 4. The zero-order valence-corrected chi connectivity index (χ0v) is 14.3. The summed E-state index contributed by atoms with van der Waals surface area (Å²) >= 11 is 0. The Bertz CT molecular complexity index is 593. The third-order valence-corrected chi connectivity index (χ3v) is 5.46. The molecule has 130 valence electrons. The molecule has 2 fully saturated rings. The molecule has 0 radical (unpaired) electrons. The van der Waals surface area contributed by atoms with Crippen molar-refractivity contribution >= 4 is 5.91 Å². The maximum atomic E-state index is 13.0. The number of carbonyl (C=O) groups is 1. The molecule has 6 nitrogen and oxygen atoms in total. The molecule has 24 heavy (non-hydrogen) atoms. The van der Waals surface area contributed by atoms with Crippen LogP contribution in [0.5, 0.6) is 0 Å². The van der Waals surface area contributed by atoms with E-state index in [0.29, 0.717) is 24.5 Å². The zero-order valence-electron chi connectivity index (χ0n) is 14.3. The number of amides is 1. The van der Waals surface area contributed by atoms with E-state index < -0.39 is 0 Å². The van der Waals surface area contributed by atoms with E-state index in [4.69, 9.17) is 0 Å². The molecule has 1 amide bonds. The Labute approximate surface area is 143 Å². The highest BCUT2D eigenvalue weighted by Crippen LogP contribution is 2.34. The first-order valence-electron chi connectivity index (χ1n) is 9.39. The third-order valence-electron chi connectivity index (χ3n) is 5.46. The normalized spacial score (nSPS) is 24.8. The van der Waals surface area contributed by atoms with Gasteiger partial charge in [-0.05, 0) is 57.9 Å². The van der Waals surface area contributed by atoms with E-state index >= 15 is 0 Å². The molecule has 0 unspecified atom stereocenters. The fraction of sp³-hybridized carbons (Fsp3) is 0.722. The van der Waals surface area contributed by atoms with Gasteiger partial charge < -0.3 is 4.90 Å². The number of hydrogen-bond donors (Lipinski definition) is 0. The molecule has 1 aliphatic heterocycles. The van der Waals surface area contributed by atoms with Crippen LogP contribution in [-0.4, -0.2) is 55.6 Å². The lowest BCUT2D eigenvalue weighted by Gasteiger charge is -2.31. The van der Waals surface area contributed by atoms with E-state index in [9.17, 15) is 4.79 Å². The van der Waals surface area contributed by atoms with Crippen LogP contribution in [0.25, 0.3) is 0 Å². The number of carbonyl (C=O) groups excluding carboxylic acids is 1. The van der Waals surface area contributed by atoms with Crippen LogP contribution in [-0.2, 0) is 11.3 Å². The lowest BCUT2D eigenvalue weighted by molar-refractivity contribution is -0.131. The van der Waals surface area contributed by atoms with E-state index in [1.807, 2.05) is 4.68 Å². The van der Waals surface area contributed by atoms with Crippen LogP contribution >= 0.6 is 0 Å². The van der Waals surface area contributed by atoms with E-state index in [1.165, 1.54) is 37.8 Å². The summed E-state index contributed by atoms with van der Waals surface area (Å²) in [6, 6.07) is 0.871. The largest absolute Gasteiger partial charge is 0.312 e. The first kappa shape index (κ1) is 15.8. The van der Waals surface area contributed by atoms with Crippen molar-refractivity contribution in [2.45, 2.75) is 70.0 Å². The molecular formula is C18H27N5O. The molecule has 4 rings (SSSR count). The van der Waals surface area contributed by atoms with Crippen molar-refractivity contribution in [3.8, 4) is 0 Å². The number of aromatic nitrogens is 3. The summed E-state index contributed by atoms with van der Waals surface area (Å²) < 4.78 is 1.88. The SMILES string of the molecule is O=C(CN1CCC[C@H]1Cn1cncn1)N(C1=CCCCC1)C1CC1. The number of rotatable bonds is 6. The molecule has 1 atom stereocenters. The van der Waals surface area contributed by atoms with Gasteiger partial charge in [-0.15, -0.1) is 0 Å². The Hall–Kier alpha value is -1.69. The second kappa shape index (κ2) is 7.05. The minimum absolute atomic E-state index is 0.302. The lowest BCUT2D eigenvalue weighted by atomic mass is 10.0. The monoisotopic (exact) mass is 329 g/mol. The Kier molecular flexibility index (Phi) is 4.65. The molecule has 1 saturated heterocycles. The summed E-state index contributed by atoms with van der Waals surface area (Å²) in [5.41, 5.74) is 1.29. The number of allylic oxidation sites excluding steroid dienone is 2. The van der Waals surface area contributed by atoms with E-state index in [2.05, 4.69) is 26.0 Å². The summed E-state index contributed by atoms with van der Waals surface area (Å²) in [6.45, 7) is 2.40. The maximum Gasteiger partial charge on any atom is 0.241 e. The van der Waals surface area contributed by atoms with Gasteiger partial charge in [0.25, 0.3) is 0 Å². The lowest BCUT2D eigenvalue weighted by Crippen LogP contribution is -2.44. The smallest absolute Gasteiger partial charge is 0.241 e. The van der Waals surface area contributed by atoms with Gasteiger partial charge in [-0.2, -0.15) is 5.10 Å². The third kappa shape index (κ3) is 3.53. The van der Waals surface area contributed by atoms with Gasteiger partial charge in [0.05, 0.1) is 13.1 Å². The molecule has 3 aliphatic rings. The highest BCUT2D eigenvalue weighted by atomic mass is 16.2. The van der Waals surface area contributed by atoms with Crippen molar-refractivity contribution < 1.29 is 4.79 Å². The van der Waals surface area contributed by atoms with E-state index in [0.717, 1.165) is 32.4 Å². The van der Waals surface area contributed by atoms with Crippen molar-refractivity contribution in [2.75, 3.05) is 13.1 Å². The second-order valence-corrected chi connectivity index (χ2v) is 7.32. The van der Waals surface area contributed by atoms with Gasteiger partial charge >= 0.3 is 0 Å². The molecule has 0 N–H and O–H groups in total. The summed E-state index contributed by atoms with van der Waals surface area (Å²) in [5.74, 6) is 0.302. The molecule has 2 aliphatic carbocycles. The van der Waals surface area contributed by atoms with Crippen molar-refractivity contribution in [3.05, 3.63) is 24.4 Å². The average Bonchev–Trinajstić information content (AvgIpc) is 3.11. The van der Waals surface area contributed by atoms with Gasteiger partial charge in [-0.1, -0.05) is 6.08 Å².